The van der Waals surface area contributed by atoms with Crippen LogP contribution in [0.15, 0.2) is 41.7 Å². The van der Waals surface area contributed by atoms with Crippen LogP contribution in [0, 0.1) is 0 Å². The molecule has 8 nitrogen and oxygen atoms in total. The first-order chi connectivity index (χ1) is 14.5. The minimum absolute atomic E-state index is 0.110. The summed E-state index contributed by atoms with van der Waals surface area (Å²) in [4.78, 5) is 12.4. The van der Waals surface area contributed by atoms with E-state index in [0.717, 1.165) is 23.8 Å². The van der Waals surface area contributed by atoms with Crippen LogP contribution in [0.2, 0.25) is 5.02 Å². The van der Waals surface area contributed by atoms with Crippen LogP contribution in [0.3, 0.4) is 0 Å². The lowest BCUT2D eigenvalue weighted by Gasteiger charge is -2.12. The minimum Gasteiger partial charge on any atom is -0.484 e. The number of para-hydroxylation sites is 1. The maximum Gasteiger partial charge on any atom is 0.235 e. The van der Waals surface area contributed by atoms with Gasteiger partial charge < -0.3 is 10.1 Å². The number of nitrogens with one attached hydrogen (secondary N) is 1. The summed E-state index contributed by atoms with van der Waals surface area (Å²) in [5.74, 6) is 2.16. The van der Waals surface area contributed by atoms with Crippen molar-refractivity contribution >= 4 is 35.1 Å². The molecule has 0 spiro atoms. The zero-order valence-electron chi connectivity index (χ0n) is 16.8. The number of benzene rings is 1. The lowest BCUT2D eigenvalue weighted by atomic mass is 10.3. The summed E-state index contributed by atoms with van der Waals surface area (Å²) in [5, 5.41) is 17.0. The highest BCUT2D eigenvalue weighted by Gasteiger charge is 2.30. The Morgan fingerprint density at radius 3 is 2.83 bits per heavy atom. The first kappa shape index (κ1) is 20.7. The number of ether oxygens (including phenoxy) is 1. The van der Waals surface area contributed by atoms with Gasteiger partial charge in [-0.3, -0.25) is 9.36 Å². The van der Waals surface area contributed by atoms with Crippen molar-refractivity contribution in [2.75, 3.05) is 11.1 Å². The zero-order valence-corrected chi connectivity index (χ0v) is 18.4. The largest absolute Gasteiger partial charge is 0.484 e. The summed E-state index contributed by atoms with van der Waals surface area (Å²) in [6.45, 7) is 4.30. The average Bonchev–Trinajstić information content (AvgIpc) is 3.30. The van der Waals surface area contributed by atoms with Crippen LogP contribution in [0.4, 0.5) is 5.82 Å². The zero-order chi connectivity index (χ0) is 21.1. The van der Waals surface area contributed by atoms with Gasteiger partial charge in [-0.2, -0.15) is 5.10 Å². The predicted octanol–water partition coefficient (Wildman–Crippen LogP) is 4.35. The van der Waals surface area contributed by atoms with Gasteiger partial charge in [-0.05, 0) is 38.8 Å². The maximum atomic E-state index is 12.4. The van der Waals surface area contributed by atoms with Crippen molar-refractivity contribution in [1.29, 1.82) is 0 Å². The Labute approximate surface area is 184 Å². The molecular weight excluding hydrogens is 424 g/mol. The summed E-state index contributed by atoms with van der Waals surface area (Å²) in [7, 11) is 0. The fraction of sp³-hybridized carbons (Fsp3) is 0.400. The van der Waals surface area contributed by atoms with Crippen LogP contribution in [-0.2, 0) is 11.4 Å². The molecule has 4 rings (SSSR count). The van der Waals surface area contributed by atoms with E-state index in [9.17, 15) is 4.79 Å². The van der Waals surface area contributed by atoms with Crippen molar-refractivity contribution < 1.29 is 9.53 Å². The van der Waals surface area contributed by atoms with Gasteiger partial charge in [0.1, 0.15) is 18.2 Å². The Morgan fingerprint density at radius 2 is 2.10 bits per heavy atom. The van der Waals surface area contributed by atoms with E-state index in [2.05, 4.69) is 25.2 Å². The first-order valence-corrected chi connectivity index (χ1v) is 11.2. The molecule has 158 valence electrons. The van der Waals surface area contributed by atoms with Gasteiger partial charge in [0.2, 0.25) is 5.91 Å². The molecule has 2 heterocycles. The van der Waals surface area contributed by atoms with Crippen LogP contribution in [0.5, 0.6) is 5.75 Å². The van der Waals surface area contributed by atoms with E-state index in [0.29, 0.717) is 22.6 Å². The lowest BCUT2D eigenvalue weighted by Crippen LogP contribution is -2.18. The number of hydrogen-bond acceptors (Lipinski definition) is 6. The second kappa shape index (κ2) is 9.09. The summed E-state index contributed by atoms with van der Waals surface area (Å²) in [6.07, 6.45) is 3.83. The van der Waals surface area contributed by atoms with Crippen LogP contribution in [0.25, 0.3) is 0 Å². The normalized spacial score (nSPS) is 13.6. The third-order valence-electron chi connectivity index (χ3n) is 4.60. The fourth-order valence-electron chi connectivity index (χ4n) is 3.04. The number of carbonyl (C=O) groups excluding carboxylic acids is 1. The van der Waals surface area contributed by atoms with E-state index >= 15 is 0 Å². The van der Waals surface area contributed by atoms with Crippen molar-refractivity contribution in [3.8, 4) is 5.75 Å². The quantitative estimate of drug-likeness (QED) is 0.491. The van der Waals surface area contributed by atoms with Gasteiger partial charge in [-0.1, -0.05) is 35.5 Å². The molecule has 1 aromatic carbocycles. The van der Waals surface area contributed by atoms with E-state index in [-0.39, 0.29) is 24.3 Å². The number of thioether (sulfide) groups is 1. The molecule has 0 aliphatic heterocycles. The number of amides is 1. The van der Waals surface area contributed by atoms with Crippen molar-refractivity contribution in [1.82, 2.24) is 24.5 Å². The van der Waals surface area contributed by atoms with E-state index in [1.165, 1.54) is 11.8 Å². The third kappa shape index (κ3) is 4.79. The van der Waals surface area contributed by atoms with Gasteiger partial charge in [0.15, 0.2) is 11.0 Å². The number of anilines is 1. The van der Waals surface area contributed by atoms with Crippen molar-refractivity contribution in [3.63, 3.8) is 0 Å². The van der Waals surface area contributed by atoms with E-state index < -0.39 is 0 Å². The molecule has 0 radical (unpaired) electrons. The van der Waals surface area contributed by atoms with Gasteiger partial charge in [0.25, 0.3) is 0 Å². The molecule has 0 atom stereocenters. The van der Waals surface area contributed by atoms with Gasteiger partial charge in [0, 0.05) is 18.2 Å². The molecule has 2 aromatic heterocycles. The molecule has 0 saturated heterocycles. The van der Waals surface area contributed by atoms with Gasteiger partial charge >= 0.3 is 0 Å². The number of rotatable bonds is 9. The van der Waals surface area contributed by atoms with Crippen LogP contribution < -0.4 is 10.1 Å². The molecule has 30 heavy (non-hydrogen) atoms. The molecule has 10 heteroatoms. The highest BCUT2D eigenvalue weighted by molar-refractivity contribution is 7.99. The van der Waals surface area contributed by atoms with Crippen LogP contribution in [-0.4, -0.2) is 36.2 Å². The van der Waals surface area contributed by atoms with Crippen LogP contribution >= 0.6 is 23.4 Å². The Morgan fingerprint density at radius 1 is 1.30 bits per heavy atom. The minimum atomic E-state index is -0.110. The summed E-state index contributed by atoms with van der Waals surface area (Å²) >= 11 is 7.53. The number of carbonyl (C=O) groups is 1. The van der Waals surface area contributed by atoms with Crippen LogP contribution in [0.1, 0.15) is 44.6 Å². The molecule has 3 aromatic rings. The van der Waals surface area contributed by atoms with Crippen molar-refractivity contribution in [2.24, 2.45) is 0 Å². The molecule has 1 N–H and O–H groups in total. The molecule has 1 saturated carbocycles. The van der Waals surface area contributed by atoms with E-state index in [1.807, 2.05) is 32.0 Å². The molecular formula is C20H23ClN6O2S. The lowest BCUT2D eigenvalue weighted by molar-refractivity contribution is -0.113. The second-order valence-corrected chi connectivity index (χ2v) is 8.66. The number of hydrogen-bond donors (Lipinski definition) is 1. The molecule has 1 aliphatic carbocycles. The summed E-state index contributed by atoms with van der Waals surface area (Å²) in [5.41, 5.74) is 0. The van der Waals surface area contributed by atoms with E-state index in [1.54, 1.807) is 23.0 Å². The number of nitrogens with zero attached hydrogens (tertiary/aromatic N) is 5. The average molecular weight is 447 g/mol. The van der Waals surface area contributed by atoms with E-state index in [4.69, 9.17) is 16.3 Å². The SMILES string of the molecule is CC(C)n1nccc1NC(=O)CSc1nnc(COc2ccccc2Cl)n1C1CC1. The highest BCUT2D eigenvalue weighted by atomic mass is 35.5. The summed E-state index contributed by atoms with van der Waals surface area (Å²) < 4.78 is 9.69. The maximum absolute atomic E-state index is 12.4. The molecule has 0 bridgehead atoms. The Hall–Kier alpha value is -2.52. The standard InChI is InChI=1S/C20H23ClN6O2S/c1-13(2)27-17(9-10-22-27)23-19(28)12-30-20-25-24-18(26(20)14-7-8-14)11-29-16-6-4-3-5-15(16)21/h3-6,9-10,13-14H,7-8,11-12H2,1-2H3,(H,23,28). The number of aromatic nitrogens is 5. The topological polar surface area (TPSA) is 86.9 Å². The third-order valence-corrected chi connectivity index (χ3v) is 5.86. The second-order valence-electron chi connectivity index (χ2n) is 7.31. The molecule has 0 unspecified atom stereocenters. The summed E-state index contributed by atoms with van der Waals surface area (Å²) in [6, 6.07) is 9.66. The van der Waals surface area contributed by atoms with Gasteiger partial charge in [-0.15, -0.1) is 10.2 Å². The molecule has 1 aliphatic rings. The Bertz CT molecular complexity index is 1030. The Kier molecular flexibility index (Phi) is 6.29. The number of halogens is 1. The van der Waals surface area contributed by atoms with Crippen molar-refractivity contribution in [3.05, 3.63) is 47.4 Å². The fourth-order valence-corrected chi connectivity index (χ4v) is 4.06. The van der Waals surface area contributed by atoms with Gasteiger partial charge in [-0.25, -0.2) is 4.68 Å². The smallest absolute Gasteiger partial charge is 0.235 e. The molecule has 1 amide bonds. The van der Waals surface area contributed by atoms with Crippen molar-refractivity contribution in [2.45, 2.75) is 50.5 Å². The highest BCUT2D eigenvalue weighted by Crippen LogP contribution is 2.39. The van der Waals surface area contributed by atoms with Gasteiger partial charge in [0.05, 0.1) is 17.0 Å². The molecule has 1 fully saturated rings. The predicted molar refractivity (Wildman–Crippen MR) is 116 cm³/mol. The Balaban J connectivity index is 1.39. The first-order valence-electron chi connectivity index (χ1n) is 9.80. The monoisotopic (exact) mass is 446 g/mol.